The van der Waals surface area contributed by atoms with Gasteiger partial charge < -0.3 is 0 Å². The molecule has 0 aliphatic rings. The lowest BCUT2D eigenvalue weighted by molar-refractivity contribution is -0.384. The minimum Gasteiger partial charge on any atom is -0.288 e. The highest BCUT2D eigenvalue weighted by molar-refractivity contribution is 6.05. The van der Waals surface area contributed by atoms with Crippen LogP contribution in [0.2, 0.25) is 0 Å². The van der Waals surface area contributed by atoms with Crippen LogP contribution < -0.4 is 0 Å². The minimum atomic E-state index is -0.472. The molecule has 2 rings (SSSR count). The number of nitro groups is 1. The van der Waals surface area contributed by atoms with E-state index in [1.807, 2.05) is 0 Å². The van der Waals surface area contributed by atoms with Gasteiger partial charge in [0.2, 0.25) is 5.78 Å². The topological polar surface area (TPSA) is 78.0 Å². The second-order valence-corrected chi connectivity index (χ2v) is 3.89. The Kier molecular flexibility index (Phi) is 3.51. The number of nitro benzene ring substituents is 1. The monoisotopic (exact) mass is 257 g/mol. The molecule has 0 aliphatic heterocycles. The first-order valence-corrected chi connectivity index (χ1v) is 5.53. The van der Waals surface area contributed by atoms with Gasteiger partial charge >= 0.3 is 0 Å². The first-order chi connectivity index (χ1) is 9.08. The molecule has 0 spiro atoms. The van der Waals surface area contributed by atoms with Crippen molar-refractivity contribution in [1.29, 1.82) is 0 Å². The molecule has 1 heterocycles. The van der Waals surface area contributed by atoms with E-state index in [2.05, 4.69) is 5.10 Å². The number of nitrogens with zero attached hydrogens (tertiary/aromatic N) is 3. The lowest BCUT2D eigenvalue weighted by Crippen LogP contribution is -2.03. The summed E-state index contributed by atoms with van der Waals surface area (Å²) in [5, 5.41) is 14.5. The van der Waals surface area contributed by atoms with Gasteiger partial charge in [-0.25, -0.2) is 0 Å². The zero-order valence-electron chi connectivity index (χ0n) is 10.2. The van der Waals surface area contributed by atoms with Crippen molar-refractivity contribution in [3.05, 3.63) is 64.0 Å². The SMILES string of the molecule is Cn1nccc1C(=O)/C=C/c1cccc([N+](=O)[O-])c1. The molecule has 6 heteroatoms. The van der Waals surface area contributed by atoms with Crippen LogP contribution in [0.1, 0.15) is 16.1 Å². The van der Waals surface area contributed by atoms with Crippen molar-refractivity contribution in [3.63, 3.8) is 0 Å². The van der Waals surface area contributed by atoms with E-state index in [9.17, 15) is 14.9 Å². The first-order valence-electron chi connectivity index (χ1n) is 5.53. The molecule has 1 aromatic carbocycles. The maximum absolute atomic E-state index is 11.8. The van der Waals surface area contributed by atoms with Crippen LogP contribution in [0, 0.1) is 10.1 Å². The first kappa shape index (κ1) is 12.7. The Labute approximate surface area is 109 Å². The van der Waals surface area contributed by atoms with Gasteiger partial charge in [-0.3, -0.25) is 19.6 Å². The number of benzene rings is 1. The van der Waals surface area contributed by atoms with Crippen molar-refractivity contribution in [2.24, 2.45) is 7.05 Å². The van der Waals surface area contributed by atoms with Crippen LogP contribution in [0.4, 0.5) is 5.69 Å². The fourth-order valence-electron chi connectivity index (χ4n) is 1.61. The summed E-state index contributed by atoms with van der Waals surface area (Å²) in [5.74, 6) is -0.202. The molecule has 19 heavy (non-hydrogen) atoms. The second-order valence-electron chi connectivity index (χ2n) is 3.89. The van der Waals surface area contributed by atoms with Crippen molar-refractivity contribution in [3.8, 4) is 0 Å². The molecule has 2 aromatic rings. The number of aromatic nitrogens is 2. The number of aryl methyl sites for hydroxylation is 1. The highest BCUT2D eigenvalue weighted by Crippen LogP contribution is 2.14. The standard InChI is InChI=1S/C13H11N3O3/c1-15-12(7-8-14-15)13(17)6-5-10-3-2-4-11(9-10)16(18)19/h2-9H,1H3/b6-5+. The second kappa shape index (κ2) is 5.26. The van der Waals surface area contributed by atoms with Crippen LogP contribution in [0.25, 0.3) is 6.08 Å². The van der Waals surface area contributed by atoms with Gasteiger partial charge in [-0.15, -0.1) is 0 Å². The molecule has 0 unspecified atom stereocenters. The summed E-state index contributed by atoms with van der Waals surface area (Å²) in [6.45, 7) is 0. The van der Waals surface area contributed by atoms with Crippen LogP contribution in [-0.2, 0) is 7.05 Å². The molecule has 6 nitrogen and oxygen atoms in total. The molecule has 96 valence electrons. The van der Waals surface area contributed by atoms with Gasteiger partial charge in [-0.2, -0.15) is 5.10 Å². The summed E-state index contributed by atoms with van der Waals surface area (Å²) >= 11 is 0. The molecule has 0 saturated heterocycles. The van der Waals surface area contributed by atoms with Crippen LogP contribution >= 0.6 is 0 Å². The van der Waals surface area contributed by atoms with Gasteiger partial charge in [0.15, 0.2) is 0 Å². The Hall–Kier alpha value is -2.76. The molecule has 0 radical (unpaired) electrons. The summed E-state index contributed by atoms with van der Waals surface area (Å²) in [6, 6.07) is 7.69. The van der Waals surface area contributed by atoms with Crippen molar-refractivity contribution >= 4 is 17.5 Å². The summed E-state index contributed by atoms with van der Waals surface area (Å²) in [5.41, 5.74) is 1.06. The number of ketones is 1. The van der Waals surface area contributed by atoms with Crippen molar-refractivity contribution < 1.29 is 9.72 Å². The molecular weight excluding hydrogens is 246 g/mol. The molecule has 1 aromatic heterocycles. The lowest BCUT2D eigenvalue weighted by atomic mass is 10.1. The molecule has 0 amide bonds. The Bertz CT molecular complexity index is 659. The number of carbonyl (C=O) groups is 1. The fraction of sp³-hybridized carbons (Fsp3) is 0.0769. The van der Waals surface area contributed by atoms with E-state index in [0.29, 0.717) is 11.3 Å². The highest BCUT2D eigenvalue weighted by Gasteiger charge is 2.07. The molecular formula is C13H11N3O3. The predicted octanol–water partition coefficient (Wildman–Crippen LogP) is 2.22. The Morgan fingerprint density at radius 1 is 1.42 bits per heavy atom. The van der Waals surface area contributed by atoms with Gasteiger partial charge in [0.05, 0.1) is 4.92 Å². The molecule has 0 saturated carbocycles. The Morgan fingerprint density at radius 2 is 2.21 bits per heavy atom. The largest absolute Gasteiger partial charge is 0.288 e. The van der Waals surface area contributed by atoms with E-state index in [-0.39, 0.29) is 11.5 Å². The quantitative estimate of drug-likeness (QED) is 0.364. The van der Waals surface area contributed by atoms with Gasteiger partial charge in [-0.05, 0) is 17.7 Å². The van der Waals surface area contributed by atoms with Gasteiger partial charge in [0, 0.05) is 25.4 Å². The smallest absolute Gasteiger partial charge is 0.270 e. The third-order valence-corrected chi connectivity index (χ3v) is 2.58. The van der Waals surface area contributed by atoms with Crippen LogP contribution in [0.15, 0.2) is 42.6 Å². The van der Waals surface area contributed by atoms with E-state index < -0.39 is 4.92 Å². The average Bonchev–Trinajstić information content (AvgIpc) is 2.82. The third kappa shape index (κ3) is 2.92. The number of hydrogen-bond donors (Lipinski definition) is 0. The molecule has 0 bridgehead atoms. The van der Waals surface area contributed by atoms with Gasteiger partial charge in [0.1, 0.15) is 5.69 Å². The molecule has 0 N–H and O–H groups in total. The van der Waals surface area contributed by atoms with E-state index in [0.717, 1.165) is 0 Å². The fourth-order valence-corrected chi connectivity index (χ4v) is 1.61. The number of carbonyl (C=O) groups excluding carboxylic acids is 1. The normalized spacial score (nSPS) is 10.8. The highest BCUT2D eigenvalue weighted by atomic mass is 16.6. The average molecular weight is 257 g/mol. The van der Waals surface area contributed by atoms with E-state index in [1.54, 1.807) is 31.3 Å². The molecule has 0 atom stereocenters. The minimum absolute atomic E-state index is 0.00451. The zero-order chi connectivity index (χ0) is 13.8. The van der Waals surface area contributed by atoms with Crippen molar-refractivity contribution in [2.75, 3.05) is 0 Å². The predicted molar refractivity (Wildman–Crippen MR) is 69.7 cm³/mol. The van der Waals surface area contributed by atoms with E-state index in [4.69, 9.17) is 0 Å². The summed E-state index contributed by atoms with van der Waals surface area (Å²) in [4.78, 5) is 22.0. The number of non-ortho nitro benzene ring substituents is 1. The van der Waals surface area contributed by atoms with Crippen LogP contribution in [0.5, 0.6) is 0 Å². The molecule has 0 aliphatic carbocycles. The number of allylic oxidation sites excluding steroid dienone is 1. The maximum Gasteiger partial charge on any atom is 0.270 e. The van der Waals surface area contributed by atoms with E-state index >= 15 is 0 Å². The number of rotatable bonds is 4. The van der Waals surface area contributed by atoms with E-state index in [1.165, 1.54) is 29.1 Å². The summed E-state index contributed by atoms with van der Waals surface area (Å²) < 4.78 is 1.47. The maximum atomic E-state index is 11.8. The summed E-state index contributed by atoms with van der Waals surface area (Å²) in [7, 11) is 1.68. The van der Waals surface area contributed by atoms with Gasteiger partial charge in [0.25, 0.3) is 5.69 Å². The Morgan fingerprint density at radius 3 is 2.84 bits per heavy atom. The van der Waals surface area contributed by atoms with Crippen LogP contribution in [-0.4, -0.2) is 20.5 Å². The zero-order valence-corrected chi connectivity index (χ0v) is 10.2. The molecule has 0 fully saturated rings. The summed E-state index contributed by atoms with van der Waals surface area (Å²) in [6.07, 6.45) is 4.45. The number of hydrogen-bond acceptors (Lipinski definition) is 4. The van der Waals surface area contributed by atoms with Crippen molar-refractivity contribution in [1.82, 2.24) is 9.78 Å². The third-order valence-electron chi connectivity index (χ3n) is 2.58. The van der Waals surface area contributed by atoms with Gasteiger partial charge in [-0.1, -0.05) is 18.2 Å². The lowest BCUT2D eigenvalue weighted by Gasteiger charge is -1.96. The Balaban J connectivity index is 2.19. The van der Waals surface area contributed by atoms with Crippen molar-refractivity contribution in [2.45, 2.75) is 0 Å². The van der Waals surface area contributed by atoms with Crippen LogP contribution in [0.3, 0.4) is 0 Å².